The fraction of sp³-hybridized carbons (Fsp3) is 0.208. The predicted molar refractivity (Wildman–Crippen MR) is 132 cm³/mol. The summed E-state index contributed by atoms with van der Waals surface area (Å²) in [5, 5.41) is 8.56. The molecule has 4 aromatic rings. The van der Waals surface area contributed by atoms with Gasteiger partial charge in [0.25, 0.3) is 0 Å². The maximum atomic E-state index is 13.4. The molecule has 1 atom stereocenters. The number of aromatic nitrogens is 3. The summed E-state index contributed by atoms with van der Waals surface area (Å²) in [6.07, 6.45) is -2.78. The van der Waals surface area contributed by atoms with Crippen molar-refractivity contribution >= 4 is 44.2 Å². The molecule has 1 unspecified atom stereocenters. The van der Waals surface area contributed by atoms with Gasteiger partial charge in [-0.3, -0.25) is 9.59 Å². The number of alkyl halides is 3. The Bertz CT molecular complexity index is 1500. The standard InChI is InChI=1S/C24H19F3N6O3S/c1-12(34)31-23-33-21-18(3-2-4-19(21)37-23)36-20-10-16(29-11-30-20)14-6-5-13(24(25,26)27)9-17(14)32-22(35)15-7-8-28-15/h2-6,9-11,15,28H,7-8H2,1H3,(H,32,35)(H,31,33,34). The summed E-state index contributed by atoms with van der Waals surface area (Å²) in [4.78, 5) is 36.6. The van der Waals surface area contributed by atoms with Crippen molar-refractivity contribution in [2.45, 2.75) is 25.6 Å². The van der Waals surface area contributed by atoms with E-state index >= 15 is 0 Å². The highest BCUT2D eigenvalue weighted by Crippen LogP contribution is 2.38. The number of fused-ring (bicyclic) bond motifs is 1. The molecular formula is C24H19F3N6O3S. The van der Waals surface area contributed by atoms with E-state index in [2.05, 4.69) is 30.9 Å². The highest BCUT2D eigenvalue weighted by atomic mass is 32.1. The monoisotopic (exact) mass is 528 g/mol. The molecule has 1 aliphatic heterocycles. The highest BCUT2D eigenvalue weighted by molar-refractivity contribution is 7.22. The van der Waals surface area contributed by atoms with Gasteiger partial charge in [0.05, 0.1) is 27.7 Å². The maximum absolute atomic E-state index is 13.4. The molecule has 0 saturated carbocycles. The van der Waals surface area contributed by atoms with Crippen LogP contribution in [-0.4, -0.2) is 39.4 Å². The van der Waals surface area contributed by atoms with Crippen LogP contribution in [0.5, 0.6) is 11.6 Å². The number of carbonyl (C=O) groups excluding carboxylic acids is 2. The van der Waals surface area contributed by atoms with E-state index in [1.807, 2.05) is 6.07 Å². The van der Waals surface area contributed by atoms with E-state index in [0.717, 1.165) is 16.8 Å². The van der Waals surface area contributed by atoms with Crippen molar-refractivity contribution in [2.24, 2.45) is 0 Å². The minimum Gasteiger partial charge on any atom is -0.437 e. The molecule has 3 heterocycles. The lowest BCUT2D eigenvalue weighted by atomic mass is 10.0. The largest absolute Gasteiger partial charge is 0.437 e. The number of thiazole rings is 1. The van der Waals surface area contributed by atoms with Crippen LogP contribution in [0.25, 0.3) is 21.5 Å². The number of benzene rings is 2. The first kappa shape index (κ1) is 24.6. The molecule has 2 aromatic heterocycles. The van der Waals surface area contributed by atoms with Crippen LogP contribution < -0.4 is 20.7 Å². The third-order valence-electron chi connectivity index (χ3n) is 5.54. The number of nitrogens with one attached hydrogen (secondary N) is 3. The third kappa shape index (κ3) is 5.37. The highest BCUT2D eigenvalue weighted by Gasteiger charge is 2.32. The lowest BCUT2D eigenvalue weighted by molar-refractivity contribution is -0.137. The van der Waals surface area contributed by atoms with Gasteiger partial charge in [-0.2, -0.15) is 13.2 Å². The number of ether oxygens (including phenoxy) is 1. The van der Waals surface area contributed by atoms with Gasteiger partial charge in [-0.15, -0.1) is 0 Å². The Hall–Kier alpha value is -4.10. The number of nitrogens with zero attached hydrogens (tertiary/aromatic N) is 3. The molecule has 0 aliphatic carbocycles. The Labute approximate surface area is 212 Å². The van der Waals surface area contributed by atoms with Gasteiger partial charge in [-0.05, 0) is 37.2 Å². The minimum absolute atomic E-state index is 0.0280. The quantitative estimate of drug-likeness (QED) is 0.328. The lowest BCUT2D eigenvalue weighted by Gasteiger charge is -2.26. The van der Waals surface area contributed by atoms with Gasteiger partial charge in [0.15, 0.2) is 10.9 Å². The Morgan fingerprint density at radius 2 is 1.95 bits per heavy atom. The summed E-state index contributed by atoms with van der Waals surface area (Å²) in [6.45, 7) is 2.05. The number of rotatable bonds is 6. The Morgan fingerprint density at radius 3 is 2.65 bits per heavy atom. The predicted octanol–water partition coefficient (Wildman–Crippen LogP) is 4.82. The molecule has 9 nitrogen and oxygen atoms in total. The molecule has 1 fully saturated rings. The first-order valence-corrected chi connectivity index (χ1v) is 11.9. The van der Waals surface area contributed by atoms with Crippen molar-refractivity contribution in [1.29, 1.82) is 0 Å². The van der Waals surface area contributed by atoms with E-state index in [1.165, 1.54) is 36.7 Å². The fourth-order valence-electron chi connectivity index (χ4n) is 3.64. The van der Waals surface area contributed by atoms with E-state index in [9.17, 15) is 22.8 Å². The second-order valence-corrected chi connectivity index (χ2v) is 9.22. The van der Waals surface area contributed by atoms with Crippen molar-refractivity contribution in [2.75, 3.05) is 17.2 Å². The smallest absolute Gasteiger partial charge is 0.416 e. The molecule has 2 aromatic carbocycles. The van der Waals surface area contributed by atoms with Gasteiger partial charge in [-0.1, -0.05) is 23.5 Å². The molecule has 13 heteroatoms. The van der Waals surface area contributed by atoms with E-state index in [-0.39, 0.29) is 28.7 Å². The molecule has 0 spiro atoms. The second-order valence-electron chi connectivity index (χ2n) is 8.19. The molecule has 190 valence electrons. The van der Waals surface area contributed by atoms with E-state index in [4.69, 9.17) is 4.74 Å². The molecule has 37 heavy (non-hydrogen) atoms. The fourth-order valence-corrected chi connectivity index (χ4v) is 4.57. The topological polar surface area (TPSA) is 118 Å². The summed E-state index contributed by atoms with van der Waals surface area (Å²) in [5.41, 5.74) is 0.100. The number of amides is 2. The lowest BCUT2D eigenvalue weighted by Crippen LogP contribution is -2.50. The van der Waals surface area contributed by atoms with E-state index in [1.54, 1.807) is 12.1 Å². The summed E-state index contributed by atoms with van der Waals surface area (Å²) < 4.78 is 46.9. The van der Waals surface area contributed by atoms with Crippen LogP contribution in [0, 0.1) is 0 Å². The molecule has 1 aliphatic rings. The molecular weight excluding hydrogens is 509 g/mol. The van der Waals surface area contributed by atoms with Crippen molar-refractivity contribution in [1.82, 2.24) is 20.3 Å². The Morgan fingerprint density at radius 1 is 1.14 bits per heavy atom. The van der Waals surface area contributed by atoms with Crippen molar-refractivity contribution in [3.05, 3.63) is 54.4 Å². The van der Waals surface area contributed by atoms with Crippen LogP contribution in [0.1, 0.15) is 18.9 Å². The summed E-state index contributed by atoms with van der Waals surface area (Å²) in [6, 6.07) is 9.31. The van der Waals surface area contributed by atoms with E-state index < -0.39 is 23.7 Å². The number of anilines is 2. The van der Waals surface area contributed by atoms with Gasteiger partial charge in [0, 0.05) is 18.6 Å². The van der Waals surface area contributed by atoms with Gasteiger partial charge >= 0.3 is 6.18 Å². The molecule has 3 N–H and O–H groups in total. The zero-order valence-corrected chi connectivity index (χ0v) is 20.0. The maximum Gasteiger partial charge on any atom is 0.416 e. The molecule has 1 saturated heterocycles. The van der Waals surface area contributed by atoms with Gasteiger partial charge in [0.2, 0.25) is 17.7 Å². The van der Waals surface area contributed by atoms with Crippen LogP contribution in [-0.2, 0) is 15.8 Å². The molecule has 0 radical (unpaired) electrons. The SMILES string of the molecule is CC(=O)Nc1nc2c(Oc3cc(-c4ccc(C(F)(F)F)cc4NC(=O)C4CCN4)ncn3)cccc2s1. The van der Waals surface area contributed by atoms with Crippen molar-refractivity contribution in [3.8, 4) is 22.9 Å². The van der Waals surface area contributed by atoms with Crippen LogP contribution in [0.3, 0.4) is 0 Å². The van der Waals surface area contributed by atoms with Crippen LogP contribution >= 0.6 is 11.3 Å². The summed E-state index contributed by atoms with van der Waals surface area (Å²) >= 11 is 1.28. The van der Waals surface area contributed by atoms with Crippen molar-refractivity contribution < 1.29 is 27.5 Å². The third-order valence-corrected chi connectivity index (χ3v) is 6.48. The Kier molecular flexibility index (Phi) is 6.48. The first-order chi connectivity index (χ1) is 17.7. The summed E-state index contributed by atoms with van der Waals surface area (Å²) in [5.74, 6) is -0.201. The Balaban J connectivity index is 1.48. The minimum atomic E-state index is -4.59. The van der Waals surface area contributed by atoms with Crippen LogP contribution in [0.4, 0.5) is 24.0 Å². The zero-order chi connectivity index (χ0) is 26.2. The molecule has 0 bridgehead atoms. The first-order valence-electron chi connectivity index (χ1n) is 11.1. The van der Waals surface area contributed by atoms with Gasteiger partial charge < -0.3 is 20.7 Å². The van der Waals surface area contributed by atoms with Crippen LogP contribution in [0.15, 0.2) is 48.8 Å². The summed E-state index contributed by atoms with van der Waals surface area (Å²) in [7, 11) is 0. The molecule has 5 rings (SSSR count). The zero-order valence-electron chi connectivity index (χ0n) is 19.2. The average Bonchev–Trinajstić information content (AvgIpc) is 3.20. The number of halogens is 3. The molecule has 2 amide bonds. The van der Waals surface area contributed by atoms with Crippen molar-refractivity contribution in [3.63, 3.8) is 0 Å². The number of carbonyl (C=O) groups is 2. The average molecular weight is 529 g/mol. The van der Waals surface area contributed by atoms with Gasteiger partial charge in [0.1, 0.15) is 11.8 Å². The van der Waals surface area contributed by atoms with Gasteiger partial charge in [-0.25, -0.2) is 15.0 Å². The van der Waals surface area contributed by atoms with E-state index in [0.29, 0.717) is 29.4 Å². The number of hydrogen-bond donors (Lipinski definition) is 3. The normalized spacial score (nSPS) is 15.2. The number of hydrogen-bond acceptors (Lipinski definition) is 8. The second kappa shape index (κ2) is 9.75. The number of para-hydroxylation sites is 1. The van der Waals surface area contributed by atoms with Crippen LogP contribution in [0.2, 0.25) is 0 Å².